The van der Waals surface area contributed by atoms with Crippen LogP contribution >= 0.6 is 11.3 Å². The number of hydrogen-bond donors (Lipinski definition) is 2. The Hall–Kier alpha value is -1.21. The number of hydrogen-bond acceptors (Lipinski definition) is 4. The van der Waals surface area contributed by atoms with Crippen LogP contribution in [0.2, 0.25) is 0 Å². The van der Waals surface area contributed by atoms with Crippen LogP contribution in [0.1, 0.15) is 28.9 Å². The Morgan fingerprint density at radius 3 is 3.15 bits per heavy atom. The first-order valence-corrected chi connectivity index (χ1v) is 7.56. The van der Waals surface area contributed by atoms with Crippen LogP contribution in [0.25, 0.3) is 0 Å². The van der Waals surface area contributed by atoms with Crippen LogP contribution in [0, 0.1) is 5.92 Å². The smallest absolute Gasteiger partial charge is 0.387 e. The van der Waals surface area contributed by atoms with E-state index in [9.17, 15) is 13.6 Å². The molecule has 0 aliphatic carbocycles. The molecule has 1 aromatic rings. The molecule has 2 rings (SSSR count). The van der Waals surface area contributed by atoms with Gasteiger partial charge in [0.1, 0.15) is 10.6 Å². The summed E-state index contributed by atoms with van der Waals surface area (Å²) in [5.74, 6) is 0.172. The summed E-state index contributed by atoms with van der Waals surface area (Å²) in [5.41, 5.74) is 0. The van der Waals surface area contributed by atoms with E-state index in [2.05, 4.69) is 15.4 Å². The average Bonchev–Trinajstić information content (AvgIpc) is 2.87. The van der Waals surface area contributed by atoms with E-state index < -0.39 is 6.61 Å². The molecule has 2 N–H and O–H groups in total. The summed E-state index contributed by atoms with van der Waals surface area (Å²) in [5, 5.41) is 7.65. The number of ether oxygens (including phenoxy) is 1. The second-order valence-corrected chi connectivity index (χ2v) is 5.67. The molecule has 1 aliphatic heterocycles. The summed E-state index contributed by atoms with van der Waals surface area (Å²) in [4.78, 5) is 12.1. The molecule has 1 amide bonds. The van der Waals surface area contributed by atoms with Crippen LogP contribution in [0.15, 0.2) is 11.4 Å². The lowest BCUT2D eigenvalue weighted by molar-refractivity contribution is -0.0498. The largest absolute Gasteiger partial charge is 0.433 e. The summed E-state index contributed by atoms with van der Waals surface area (Å²) in [6, 6.07) is 1.39. The number of piperidine rings is 1. The molecule has 1 saturated heterocycles. The normalized spacial score (nSPS) is 19.1. The Labute approximate surface area is 120 Å². The van der Waals surface area contributed by atoms with Gasteiger partial charge in [-0.3, -0.25) is 4.79 Å². The molecule has 112 valence electrons. The van der Waals surface area contributed by atoms with Crippen molar-refractivity contribution in [3.05, 3.63) is 16.3 Å². The summed E-state index contributed by atoms with van der Waals surface area (Å²) < 4.78 is 28.7. The first-order chi connectivity index (χ1) is 9.66. The lowest BCUT2D eigenvalue weighted by Gasteiger charge is -2.22. The van der Waals surface area contributed by atoms with Gasteiger partial charge < -0.3 is 15.4 Å². The first kappa shape index (κ1) is 15.2. The summed E-state index contributed by atoms with van der Waals surface area (Å²) in [6.45, 7) is -0.317. The molecule has 1 aromatic heterocycles. The van der Waals surface area contributed by atoms with E-state index in [1.165, 1.54) is 12.5 Å². The van der Waals surface area contributed by atoms with Crippen LogP contribution in [-0.2, 0) is 0 Å². The molecular formula is C13H18F2N2O2S. The van der Waals surface area contributed by atoms with Crippen molar-refractivity contribution < 1.29 is 18.3 Å². The number of amides is 1. The molecule has 0 spiro atoms. The summed E-state index contributed by atoms with van der Waals surface area (Å²) >= 11 is 1.10. The van der Waals surface area contributed by atoms with Gasteiger partial charge in [0.15, 0.2) is 0 Å². The molecule has 7 heteroatoms. The third-order valence-electron chi connectivity index (χ3n) is 3.29. The van der Waals surface area contributed by atoms with Crippen molar-refractivity contribution in [3.8, 4) is 5.75 Å². The fourth-order valence-corrected chi connectivity index (χ4v) is 3.03. The van der Waals surface area contributed by atoms with E-state index in [-0.39, 0.29) is 16.5 Å². The van der Waals surface area contributed by atoms with Gasteiger partial charge in [-0.25, -0.2) is 0 Å². The van der Waals surface area contributed by atoms with Gasteiger partial charge in [0.05, 0.1) is 0 Å². The summed E-state index contributed by atoms with van der Waals surface area (Å²) in [6.07, 6.45) is 3.23. The van der Waals surface area contributed by atoms with E-state index in [0.29, 0.717) is 12.5 Å². The maximum Gasteiger partial charge on any atom is 0.387 e. The zero-order chi connectivity index (χ0) is 14.4. The Kier molecular flexibility index (Phi) is 5.72. The van der Waals surface area contributed by atoms with Crippen LogP contribution in [0.5, 0.6) is 5.75 Å². The molecular weight excluding hydrogens is 286 g/mol. The van der Waals surface area contributed by atoms with Crippen molar-refractivity contribution in [2.24, 2.45) is 5.92 Å². The molecule has 0 aromatic carbocycles. The van der Waals surface area contributed by atoms with Gasteiger partial charge in [-0.2, -0.15) is 8.78 Å². The number of carbonyl (C=O) groups is 1. The van der Waals surface area contributed by atoms with Crippen LogP contribution < -0.4 is 15.4 Å². The fraction of sp³-hybridized carbons (Fsp3) is 0.615. The third kappa shape index (κ3) is 4.42. The van der Waals surface area contributed by atoms with Crippen molar-refractivity contribution in [1.29, 1.82) is 0 Å². The lowest BCUT2D eigenvalue weighted by atomic mass is 9.96. The topological polar surface area (TPSA) is 50.4 Å². The van der Waals surface area contributed by atoms with Crippen molar-refractivity contribution >= 4 is 17.2 Å². The molecule has 1 aliphatic rings. The average molecular weight is 304 g/mol. The first-order valence-electron chi connectivity index (χ1n) is 6.68. The molecule has 1 unspecified atom stereocenters. The second-order valence-electron chi connectivity index (χ2n) is 4.75. The molecule has 0 bridgehead atoms. The van der Waals surface area contributed by atoms with Gasteiger partial charge in [-0.05, 0) is 49.7 Å². The van der Waals surface area contributed by atoms with E-state index in [0.717, 1.165) is 37.3 Å². The van der Waals surface area contributed by atoms with E-state index in [4.69, 9.17) is 0 Å². The van der Waals surface area contributed by atoms with Gasteiger partial charge in [-0.15, -0.1) is 11.3 Å². The van der Waals surface area contributed by atoms with Gasteiger partial charge >= 0.3 is 6.61 Å². The molecule has 20 heavy (non-hydrogen) atoms. The van der Waals surface area contributed by atoms with Crippen LogP contribution in [0.3, 0.4) is 0 Å². The minimum Gasteiger partial charge on any atom is -0.433 e. The predicted molar refractivity (Wildman–Crippen MR) is 73.5 cm³/mol. The highest BCUT2D eigenvalue weighted by Gasteiger charge is 2.18. The maximum atomic E-state index is 12.2. The number of alkyl halides is 2. The summed E-state index contributed by atoms with van der Waals surface area (Å²) in [7, 11) is 0. The lowest BCUT2D eigenvalue weighted by Crippen LogP contribution is -2.33. The highest BCUT2D eigenvalue weighted by atomic mass is 32.1. The SMILES string of the molecule is O=C(NCCC1CCCNC1)c1sccc1OC(F)F. The van der Waals surface area contributed by atoms with Crippen LogP contribution in [-0.4, -0.2) is 32.2 Å². The predicted octanol–water partition coefficient (Wildman–Crippen LogP) is 2.47. The van der Waals surface area contributed by atoms with E-state index >= 15 is 0 Å². The number of carbonyl (C=O) groups excluding carboxylic acids is 1. The molecule has 0 saturated carbocycles. The Balaban J connectivity index is 1.78. The van der Waals surface area contributed by atoms with E-state index in [1.807, 2.05) is 0 Å². The van der Waals surface area contributed by atoms with Crippen LogP contribution in [0.4, 0.5) is 8.78 Å². The standard InChI is InChI=1S/C13H18F2N2O2S/c14-13(15)19-10-4-7-20-11(10)12(18)17-6-3-9-2-1-5-16-8-9/h4,7,9,13,16H,1-3,5-6,8H2,(H,17,18). The van der Waals surface area contributed by atoms with Crippen molar-refractivity contribution in [3.63, 3.8) is 0 Å². The van der Waals surface area contributed by atoms with Gasteiger partial charge in [0, 0.05) is 6.54 Å². The van der Waals surface area contributed by atoms with E-state index in [1.54, 1.807) is 5.38 Å². The molecule has 4 nitrogen and oxygen atoms in total. The Morgan fingerprint density at radius 1 is 1.60 bits per heavy atom. The van der Waals surface area contributed by atoms with Crippen molar-refractivity contribution in [2.75, 3.05) is 19.6 Å². The van der Waals surface area contributed by atoms with Crippen molar-refractivity contribution in [2.45, 2.75) is 25.9 Å². The number of nitrogens with one attached hydrogen (secondary N) is 2. The zero-order valence-electron chi connectivity index (χ0n) is 11.0. The number of rotatable bonds is 6. The third-order valence-corrected chi connectivity index (χ3v) is 4.18. The highest BCUT2D eigenvalue weighted by Crippen LogP contribution is 2.26. The Morgan fingerprint density at radius 2 is 2.45 bits per heavy atom. The second kappa shape index (κ2) is 7.54. The minimum atomic E-state index is -2.91. The quantitative estimate of drug-likeness (QED) is 0.849. The fourth-order valence-electron chi connectivity index (χ4n) is 2.29. The number of thiophene rings is 1. The van der Waals surface area contributed by atoms with Gasteiger partial charge in [0.25, 0.3) is 5.91 Å². The molecule has 1 atom stereocenters. The van der Waals surface area contributed by atoms with Gasteiger partial charge in [-0.1, -0.05) is 0 Å². The highest BCUT2D eigenvalue weighted by molar-refractivity contribution is 7.12. The molecule has 0 radical (unpaired) electrons. The molecule has 2 heterocycles. The molecule has 1 fully saturated rings. The minimum absolute atomic E-state index is 0.0539. The monoisotopic (exact) mass is 304 g/mol. The van der Waals surface area contributed by atoms with Gasteiger partial charge in [0.2, 0.25) is 0 Å². The zero-order valence-corrected chi connectivity index (χ0v) is 11.8. The Bertz CT molecular complexity index is 434. The number of halogens is 2. The maximum absolute atomic E-state index is 12.2. The van der Waals surface area contributed by atoms with Crippen molar-refractivity contribution in [1.82, 2.24) is 10.6 Å².